The third-order valence-electron chi connectivity index (χ3n) is 3.22. The molecule has 2 heterocycles. The van der Waals surface area contributed by atoms with Crippen LogP contribution in [0.25, 0.3) is 0 Å². The highest BCUT2D eigenvalue weighted by atomic mass is 32.2. The normalized spacial score (nSPS) is 10.4. The van der Waals surface area contributed by atoms with Crippen LogP contribution in [0.15, 0.2) is 16.1 Å². The molecule has 0 N–H and O–H groups in total. The lowest BCUT2D eigenvalue weighted by Gasteiger charge is -2.09. The summed E-state index contributed by atoms with van der Waals surface area (Å²) in [6.07, 6.45) is 0. The second-order valence-corrected chi connectivity index (χ2v) is 5.75. The molecule has 20 heavy (non-hydrogen) atoms. The Kier molecular flexibility index (Phi) is 4.05. The molecule has 0 radical (unpaired) electrons. The topological polar surface area (TPSA) is 62.5 Å². The van der Waals surface area contributed by atoms with Crippen LogP contribution in [-0.4, -0.2) is 15.0 Å². The van der Waals surface area contributed by atoms with Crippen molar-refractivity contribution in [3.05, 3.63) is 40.0 Å². The predicted octanol–water partition coefficient (Wildman–Crippen LogP) is 3.44. The van der Waals surface area contributed by atoms with E-state index in [-0.39, 0.29) is 0 Å². The van der Waals surface area contributed by atoms with Gasteiger partial charge in [0.1, 0.15) is 6.07 Å². The maximum atomic E-state index is 9.28. The summed E-state index contributed by atoms with van der Waals surface area (Å²) in [7, 11) is 0. The maximum Gasteiger partial charge on any atom is 0.192 e. The summed E-state index contributed by atoms with van der Waals surface area (Å²) in [5, 5.41) is 9.95. The number of aromatic nitrogens is 3. The molecule has 0 atom stereocenters. The summed E-state index contributed by atoms with van der Waals surface area (Å²) in [5.41, 5.74) is 5.29. The standard InChI is InChI=1S/C15H16N4S/c1-8-6-14(13(7-16)12(5)17-8)20-15-18-10(3)9(2)11(4)19-15/h6H,1-5H3. The summed E-state index contributed by atoms with van der Waals surface area (Å²) in [6, 6.07) is 4.12. The Hall–Kier alpha value is -1.93. The molecule has 2 rings (SSSR count). The van der Waals surface area contributed by atoms with Crippen molar-refractivity contribution in [2.45, 2.75) is 44.7 Å². The number of nitriles is 1. The van der Waals surface area contributed by atoms with Crippen LogP contribution in [0.2, 0.25) is 0 Å². The molecule has 0 aliphatic heterocycles. The van der Waals surface area contributed by atoms with Crippen molar-refractivity contribution >= 4 is 11.8 Å². The predicted molar refractivity (Wildman–Crippen MR) is 78.8 cm³/mol. The van der Waals surface area contributed by atoms with Crippen molar-refractivity contribution in [1.29, 1.82) is 5.26 Å². The van der Waals surface area contributed by atoms with Crippen LogP contribution in [0.1, 0.15) is 33.9 Å². The third kappa shape index (κ3) is 2.81. The number of aryl methyl sites for hydroxylation is 4. The summed E-state index contributed by atoms with van der Waals surface area (Å²) in [4.78, 5) is 14.2. The van der Waals surface area contributed by atoms with Gasteiger partial charge in [0.05, 0.1) is 11.3 Å². The zero-order chi connectivity index (χ0) is 14.9. The van der Waals surface area contributed by atoms with Gasteiger partial charge < -0.3 is 0 Å². The van der Waals surface area contributed by atoms with Gasteiger partial charge >= 0.3 is 0 Å². The Morgan fingerprint density at radius 3 is 2.10 bits per heavy atom. The fraction of sp³-hybridized carbons (Fsp3) is 0.333. The molecule has 0 saturated carbocycles. The number of hydrogen-bond donors (Lipinski definition) is 0. The van der Waals surface area contributed by atoms with Gasteiger partial charge in [0.2, 0.25) is 0 Å². The Bertz CT molecular complexity index is 694. The molecule has 0 aliphatic carbocycles. The number of rotatable bonds is 2. The van der Waals surface area contributed by atoms with Gasteiger partial charge in [-0.05, 0) is 58.0 Å². The first-order chi connectivity index (χ1) is 9.42. The van der Waals surface area contributed by atoms with Gasteiger partial charge in [-0.1, -0.05) is 0 Å². The van der Waals surface area contributed by atoms with E-state index >= 15 is 0 Å². The van der Waals surface area contributed by atoms with Crippen LogP contribution in [0.5, 0.6) is 0 Å². The smallest absolute Gasteiger partial charge is 0.192 e. The summed E-state index contributed by atoms with van der Waals surface area (Å²) in [5.74, 6) is 0. The Morgan fingerprint density at radius 1 is 0.950 bits per heavy atom. The molecular formula is C15H16N4S. The lowest BCUT2D eigenvalue weighted by molar-refractivity contribution is 0.880. The fourth-order valence-corrected chi connectivity index (χ4v) is 2.98. The van der Waals surface area contributed by atoms with E-state index in [1.165, 1.54) is 11.8 Å². The lowest BCUT2D eigenvalue weighted by Crippen LogP contribution is -1.99. The molecule has 0 amide bonds. The van der Waals surface area contributed by atoms with Crippen molar-refractivity contribution < 1.29 is 0 Å². The molecule has 0 spiro atoms. The second-order valence-electron chi connectivity index (χ2n) is 4.74. The van der Waals surface area contributed by atoms with E-state index in [0.29, 0.717) is 10.7 Å². The number of hydrogen-bond acceptors (Lipinski definition) is 5. The second kappa shape index (κ2) is 5.59. The van der Waals surface area contributed by atoms with Crippen LogP contribution in [0.4, 0.5) is 0 Å². The minimum Gasteiger partial charge on any atom is -0.257 e. The van der Waals surface area contributed by atoms with E-state index in [1.54, 1.807) is 0 Å². The number of nitrogens with zero attached hydrogens (tertiary/aromatic N) is 4. The molecule has 2 aromatic heterocycles. The van der Waals surface area contributed by atoms with E-state index < -0.39 is 0 Å². The highest BCUT2D eigenvalue weighted by Crippen LogP contribution is 2.30. The molecule has 0 saturated heterocycles. The first kappa shape index (κ1) is 14.5. The Morgan fingerprint density at radius 2 is 1.55 bits per heavy atom. The summed E-state index contributed by atoms with van der Waals surface area (Å²) >= 11 is 1.42. The van der Waals surface area contributed by atoms with Crippen molar-refractivity contribution in [2.75, 3.05) is 0 Å². The van der Waals surface area contributed by atoms with Crippen LogP contribution < -0.4 is 0 Å². The molecule has 0 aromatic carbocycles. The minimum absolute atomic E-state index is 0.597. The van der Waals surface area contributed by atoms with Crippen LogP contribution in [0.3, 0.4) is 0 Å². The molecule has 5 heteroatoms. The van der Waals surface area contributed by atoms with E-state index in [2.05, 4.69) is 21.0 Å². The Balaban J connectivity index is 2.48. The van der Waals surface area contributed by atoms with Crippen LogP contribution in [0, 0.1) is 45.9 Å². The quantitative estimate of drug-likeness (QED) is 0.790. The van der Waals surface area contributed by atoms with Gasteiger partial charge in [-0.3, -0.25) is 4.98 Å². The average molecular weight is 284 g/mol. The van der Waals surface area contributed by atoms with Gasteiger partial charge in [-0.2, -0.15) is 5.26 Å². The zero-order valence-electron chi connectivity index (χ0n) is 12.3. The fourth-order valence-electron chi connectivity index (χ4n) is 1.89. The third-order valence-corrected chi connectivity index (χ3v) is 4.12. The first-order valence-corrected chi connectivity index (χ1v) is 7.12. The molecule has 102 valence electrons. The van der Waals surface area contributed by atoms with E-state index in [1.807, 2.05) is 40.7 Å². The highest BCUT2D eigenvalue weighted by molar-refractivity contribution is 7.99. The van der Waals surface area contributed by atoms with Crippen LogP contribution in [-0.2, 0) is 0 Å². The van der Waals surface area contributed by atoms with E-state index in [0.717, 1.165) is 33.2 Å². The first-order valence-electron chi connectivity index (χ1n) is 6.30. The molecule has 0 fully saturated rings. The van der Waals surface area contributed by atoms with Crippen molar-refractivity contribution in [3.63, 3.8) is 0 Å². The Labute approximate surface area is 123 Å². The molecule has 0 aliphatic rings. The van der Waals surface area contributed by atoms with Gasteiger partial charge in [0, 0.05) is 22.0 Å². The molecule has 0 unspecified atom stereocenters. The average Bonchev–Trinajstić information content (AvgIpc) is 2.35. The van der Waals surface area contributed by atoms with E-state index in [9.17, 15) is 5.26 Å². The SMILES string of the molecule is Cc1cc(Sc2nc(C)c(C)c(C)n2)c(C#N)c(C)n1. The molecule has 2 aromatic rings. The van der Waals surface area contributed by atoms with Gasteiger partial charge in [-0.25, -0.2) is 9.97 Å². The number of pyridine rings is 1. The molecule has 0 bridgehead atoms. The maximum absolute atomic E-state index is 9.28. The van der Waals surface area contributed by atoms with Crippen molar-refractivity contribution in [2.24, 2.45) is 0 Å². The lowest BCUT2D eigenvalue weighted by atomic mass is 10.2. The highest BCUT2D eigenvalue weighted by Gasteiger charge is 2.12. The monoisotopic (exact) mass is 284 g/mol. The molecule has 4 nitrogen and oxygen atoms in total. The van der Waals surface area contributed by atoms with Crippen LogP contribution >= 0.6 is 11.8 Å². The molecular weight excluding hydrogens is 268 g/mol. The zero-order valence-corrected chi connectivity index (χ0v) is 13.1. The van der Waals surface area contributed by atoms with Crippen molar-refractivity contribution in [1.82, 2.24) is 15.0 Å². The van der Waals surface area contributed by atoms with E-state index in [4.69, 9.17) is 0 Å². The van der Waals surface area contributed by atoms with Gasteiger partial charge in [-0.15, -0.1) is 0 Å². The summed E-state index contributed by atoms with van der Waals surface area (Å²) in [6.45, 7) is 9.73. The minimum atomic E-state index is 0.597. The van der Waals surface area contributed by atoms with Gasteiger partial charge in [0.15, 0.2) is 5.16 Å². The van der Waals surface area contributed by atoms with Gasteiger partial charge in [0.25, 0.3) is 0 Å². The van der Waals surface area contributed by atoms with Crippen molar-refractivity contribution in [3.8, 4) is 6.07 Å². The summed E-state index contributed by atoms with van der Waals surface area (Å²) < 4.78 is 0. The largest absolute Gasteiger partial charge is 0.257 e.